The van der Waals surface area contributed by atoms with E-state index in [0.717, 1.165) is 12.8 Å². The third-order valence-corrected chi connectivity index (χ3v) is 4.19. The molecule has 0 aromatic heterocycles. The quantitative estimate of drug-likeness (QED) is 0.258. The van der Waals surface area contributed by atoms with Gasteiger partial charge >= 0.3 is 10.4 Å². The summed E-state index contributed by atoms with van der Waals surface area (Å²) in [6, 6.07) is 0. The van der Waals surface area contributed by atoms with Gasteiger partial charge in [0, 0.05) is 0 Å². The Balaban J connectivity index is 0. The van der Waals surface area contributed by atoms with Crippen LogP contribution in [0.15, 0.2) is 0 Å². The number of hydrogen-bond donors (Lipinski definition) is 1. The van der Waals surface area contributed by atoms with Crippen molar-refractivity contribution >= 4 is 27.8 Å². The molecule has 134 valence electrons. The summed E-state index contributed by atoms with van der Waals surface area (Å²) in [6.45, 7) is 2.35. The van der Waals surface area contributed by atoms with E-state index in [-0.39, 0.29) is 24.0 Å². The van der Waals surface area contributed by atoms with Crippen molar-refractivity contribution in [3.8, 4) is 0 Å². The lowest BCUT2D eigenvalue weighted by atomic mass is 10.0. The van der Waals surface area contributed by atoms with E-state index in [1.807, 2.05) is 0 Å². The maximum absolute atomic E-state index is 10.3. The number of hydrogen-bond acceptors (Lipinski definition) is 3. The van der Waals surface area contributed by atoms with Crippen LogP contribution in [0, 0.1) is 0 Å². The molecule has 0 saturated heterocycles. The summed E-state index contributed by atoms with van der Waals surface area (Å²) in [6.07, 6.45) is 17.6. The van der Waals surface area contributed by atoms with Crippen molar-refractivity contribution < 1.29 is 17.2 Å². The van der Waals surface area contributed by atoms with Crippen LogP contribution in [0.5, 0.6) is 0 Å². The fourth-order valence-electron chi connectivity index (χ4n) is 2.46. The van der Waals surface area contributed by atoms with Gasteiger partial charge in [-0.2, -0.15) is 8.42 Å². The summed E-state index contributed by atoms with van der Waals surface area (Å²) in [7, 11) is -4.24. The third kappa shape index (κ3) is 22.7. The molecular formula is C16H37AlO4S. The van der Waals surface area contributed by atoms with Gasteiger partial charge in [0.1, 0.15) is 0 Å². The summed E-state index contributed by atoms with van der Waals surface area (Å²) in [5.74, 6) is 0. The van der Waals surface area contributed by atoms with E-state index in [2.05, 4.69) is 11.1 Å². The molecule has 0 aliphatic carbocycles. The minimum atomic E-state index is -4.24. The highest BCUT2D eigenvalue weighted by molar-refractivity contribution is 7.80. The smallest absolute Gasteiger partial charge is 0.264 e. The Morgan fingerprint density at radius 3 is 1.32 bits per heavy atom. The van der Waals surface area contributed by atoms with Crippen molar-refractivity contribution in [1.29, 1.82) is 0 Å². The zero-order valence-corrected chi connectivity index (χ0v) is 14.5. The predicted molar refractivity (Wildman–Crippen MR) is 97.8 cm³/mol. The van der Waals surface area contributed by atoms with Gasteiger partial charge in [0.2, 0.25) is 0 Å². The number of rotatable bonds is 16. The normalized spacial score (nSPS) is 11.4. The number of unbranched alkanes of at least 4 members (excludes halogenated alkanes) is 13. The molecule has 22 heavy (non-hydrogen) atoms. The zero-order chi connectivity index (χ0) is 15.8. The molecule has 0 radical (unpaired) electrons. The lowest BCUT2D eigenvalue weighted by Gasteiger charge is -2.03. The second-order valence-corrected chi connectivity index (χ2v) is 6.94. The molecule has 0 aliphatic heterocycles. The Kier molecular flexibility index (Phi) is 19.9. The molecule has 0 rings (SSSR count). The first-order valence-electron chi connectivity index (χ1n) is 8.68. The third-order valence-electron chi connectivity index (χ3n) is 3.73. The van der Waals surface area contributed by atoms with Crippen LogP contribution in [0.25, 0.3) is 0 Å². The van der Waals surface area contributed by atoms with E-state index in [1.165, 1.54) is 70.6 Å². The summed E-state index contributed by atoms with van der Waals surface area (Å²) in [5, 5.41) is 0. The molecule has 6 heteroatoms. The van der Waals surface area contributed by atoms with Gasteiger partial charge in [-0.15, -0.1) is 0 Å². The largest absolute Gasteiger partial charge is 0.397 e. The zero-order valence-electron chi connectivity index (χ0n) is 13.7. The fraction of sp³-hybridized carbons (Fsp3) is 1.00. The molecule has 0 amide bonds. The molecule has 0 heterocycles. The van der Waals surface area contributed by atoms with E-state index in [9.17, 15) is 8.42 Å². The Morgan fingerprint density at radius 1 is 0.682 bits per heavy atom. The van der Waals surface area contributed by atoms with Crippen LogP contribution in [-0.2, 0) is 14.6 Å². The van der Waals surface area contributed by atoms with Crippen molar-refractivity contribution in [2.45, 2.75) is 96.8 Å². The van der Waals surface area contributed by atoms with Gasteiger partial charge in [-0.3, -0.25) is 4.55 Å². The van der Waals surface area contributed by atoms with Crippen LogP contribution in [0.1, 0.15) is 96.8 Å². The Labute approximate surface area is 148 Å². The lowest BCUT2D eigenvalue weighted by Crippen LogP contribution is -2.04. The minimum Gasteiger partial charge on any atom is -0.264 e. The fourth-order valence-corrected chi connectivity index (χ4v) is 2.79. The van der Waals surface area contributed by atoms with Crippen LogP contribution in [0.4, 0.5) is 0 Å². The monoisotopic (exact) mass is 352 g/mol. The van der Waals surface area contributed by atoms with Crippen molar-refractivity contribution in [1.82, 2.24) is 0 Å². The molecule has 1 N–H and O–H groups in total. The van der Waals surface area contributed by atoms with E-state index in [4.69, 9.17) is 4.55 Å². The maximum atomic E-state index is 10.3. The van der Waals surface area contributed by atoms with E-state index in [0.29, 0.717) is 6.42 Å². The molecule has 0 aromatic carbocycles. The van der Waals surface area contributed by atoms with Crippen molar-refractivity contribution in [2.75, 3.05) is 6.61 Å². The average molecular weight is 353 g/mol. The first-order chi connectivity index (χ1) is 10.1. The Morgan fingerprint density at radius 2 is 1.00 bits per heavy atom. The minimum absolute atomic E-state index is 0. The molecule has 4 nitrogen and oxygen atoms in total. The van der Waals surface area contributed by atoms with Crippen LogP contribution in [0.2, 0.25) is 0 Å². The predicted octanol–water partition coefficient (Wildman–Crippen LogP) is 4.10. The maximum Gasteiger partial charge on any atom is 0.397 e. The second-order valence-electron chi connectivity index (χ2n) is 5.85. The topological polar surface area (TPSA) is 63.6 Å². The second kappa shape index (κ2) is 17.8. The van der Waals surface area contributed by atoms with E-state index in [1.54, 1.807) is 0 Å². The molecule has 0 saturated carbocycles. The van der Waals surface area contributed by atoms with Crippen LogP contribution >= 0.6 is 0 Å². The standard InChI is InChI=1S/C16H34O4S.Al.3H/c1-2-3-4-5-6-7-8-9-10-11-12-13-14-15-16-20-21(17,18)19;;;;/h2-16H2,1H3,(H,17,18,19);;;;. The van der Waals surface area contributed by atoms with E-state index < -0.39 is 10.4 Å². The first-order valence-corrected chi connectivity index (χ1v) is 10.0. The molecule has 0 bridgehead atoms. The highest BCUT2D eigenvalue weighted by atomic mass is 32.3. The molecule has 0 fully saturated rings. The van der Waals surface area contributed by atoms with Gasteiger partial charge in [-0.05, 0) is 6.42 Å². The summed E-state index contributed by atoms with van der Waals surface area (Å²) in [4.78, 5) is 0. The van der Waals surface area contributed by atoms with Crippen molar-refractivity contribution in [3.05, 3.63) is 0 Å². The van der Waals surface area contributed by atoms with Crippen LogP contribution < -0.4 is 0 Å². The molecule has 0 atom stereocenters. The van der Waals surface area contributed by atoms with Gasteiger partial charge in [0.15, 0.2) is 17.4 Å². The van der Waals surface area contributed by atoms with Crippen molar-refractivity contribution in [3.63, 3.8) is 0 Å². The average Bonchev–Trinajstić information content (AvgIpc) is 2.42. The molecule has 0 aliphatic rings. The molecule has 0 aromatic rings. The van der Waals surface area contributed by atoms with E-state index >= 15 is 0 Å². The van der Waals surface area contributed by atoms with Gasteiger partial charge in [-0.25, -0.2) is 4.18 Å². The molecule has 0 spiro atoms. The van der Waals surface area contributed by atoms with Gasteiger partial charge in [0.25, 0.3) is 0 Å². The Hall–Kier alpha value is 0.402. The highest BCUT2D eigenvalue weighted by Crippen LogP contribution is 2.12. The lowest BCUT2D eigenvalue weighted by molar-refractivity contribution is 0.261. The van der Waals surface area contributed by atoms with Gasteiger partial charge in [-0.1, -0.05) is 90.4 Å². The van der Waals surface area contributed by atoms with Crippen molar-refractivity contribution in [2.24, 2.45) is 0 Å². The van der Waals surface area contributed by atoms with Gasteiger partial charge in [0.05, 0.1) is 6.61 Å². The molecular weight excluding hydrogens is 315 g/mol. The Bertz CT molecular complexity index is 307. The van der Waals surface area contributed by atoms with Crippen LogP contribution in [-0.4, -0.2) is 36.9 Å². The first kappa shape index (κ1) is 24.7. The SMILES string of the molecule is CCCCCCCCCCCCCCCCOS(=O)(=O)O.[AlH3]. The summed E-state index contributed by atoms with van der Waals surface area (Å²) < 4.78 is 33.2. The van der Waals surface area contributed by atoms with Crippen LogP contribution in [0.3, 0.4) is 0 Å². The summed E-state index contributed by atoms with van der Waals surface area (Å²) >= 11 is 0. The highest BCUT2D eigenvalue weighted by Gasteiger charge is 2.02. The molecule has 0 unspecified atom stereocenters. The summed E-state index contributed by atoms with van der Waals surface area (Å²) in [5.41, 5.74) is 0. The van der Waals surface area contributed by atoms with Gasteiger partial charge < -0.3 is 0 Å².